The summed E-state index contributed by atoms with van der Waals surface area (Å²) in [6.45, 7) is 2.28. The van der Waals surface area contributed by atoms with E-state index < -0.39 is 6.04 Å². The molecule has 1 aliphatic heterocycles. The molecule has 8 nitrogen and oxygen atoms in total. The third-order valence-electron chi connectivity index (χ3n) is 6.98. The standard InChI is InChI=1S/C25H39FN4O4/c1-33-14-13-29(16-18-3-5-19(26)6-4-18)22-11-12-30(24(31)17-34-2)23(15-22)25(32)28-21-9-7-20(27)8-10-21/h3-6,20-23H,7-17,27H2,1-2H3,(H,28,32)/t20?,21?,22?,23-/m1/s1. The van der Waals surface area contributed by atoms with Crippen molar-refractivity contribution in [1.29, 1.82) is 0 Å². The Morgan fingerprint density at radius 2 is 1.82 bits per heavy atom. The summed E-state index contributed by atoms with van der Waals surface area (Å²) in [5.41, 5.74) is 7.01. The van der Waals surface area contributed by atoms with Gasteiger partial charge in [0.1, 0.15) is 18.5 Å². The Morgan fingerprint density at radius 3 is 2.47 bits per heavy atom. The second-order valence-corrected chi connectivity index (χ2v) is 9.42. The van der Waals surface area contributed by atoms with E-state index in [-0.39, 0.29) is 42.4 Å². The smallest absolute Gasteiger partial charge is 0.249 e. The fraction of sp³-hybridized carbons (Fsp3) is 0.680. The van der Waals surface area contributed by atoms with Crippen LogP contribution in [0, 0.1) is 5.82 Å². The van der Waals surface area contributed by atoms with Gasteiger partial charge < -0.3 is 25.4 Å². The third kappa shape index (κ3) is 7.46. The maximum atomic E-state index is 13.4. The summed E-state index contributed by atoms with van der Waals surface area (Å²) in [6.07, 6.45) is 4.78. The van der Waals surface area contributed by atoms with E-state index >= 15 is 0 Å². The van der Waals surface area contributed by atoms with Crippen LogP contribution in [-0.4, -0.2) is 86.3 Å². The quantitative estimate of drug-likeness (QED) is 0.531. The highest BCUT2D eigenvalue weighted by Gasteiger charge is 2.39. The van der Waals surface area contributed by atoms with Crippen LogP contribution in [0.15, 0.2) is 24.3 Å². The van der Waals surface area contributed by atoms with Gasteiger partial charge in [-0.3, -0.25) is 14.5 Å². The number of hydrogen-bond donors (Lipinski definition) is 2. The van der Waals surface area contributed by atoms with Gasteiger partial charge in [-0.05, 0) is 56.2 Å². The van der Waals surface area contributed by atoms with E-state index in [0.717, 1.165) is 37.7 Å². The predicted molar refractivity (Wildman–Crippen MR) is 127 cm³/mol. The Labute approximate surface area is 201 Å². The van der Waals surface area contributed by atoms with Gasteiger partial charge in [-0.1, -0.05) is 12.1 Å². The molecule has 1 aromatic rings. The number of ether oxygens (including phenoxy) is 2. The fourth-order valence-corrected chi connectivity index (χ4v) is 5.02. The van der Waals surface area contributed by atoms with E-state index in [2.05, 4.69) is 10.2 Å². The normalized spacial score (nSPS) is 25.4. The zero-order chi connectivity index (χ0) is 24.5. The molecule has 0 bridgehead atoms. The van der Waals surface area contributed by atoms with Gasteiger partial charge >= 0.3 is 0 Å². The predicted octanol–water partition coefficient (Wildman–Crippen LogP) is 1.67. The minimum atomic E-state index is -0.560. The van der Waals surface area contributed by atoms with E-state index in [4.69, 9.17) is 15.2 Å². The first-order valence-electron chi connectivity index (χ1n) is 12.2. The number of methoxy groups -OCH3 is 2. The molecule has 1 saturated carbocycles. The molecule has 2 aliphatic rings. The van der Waals surface area contributed by atoms with Crippen LogP contribution in [0.25, 0.3) is 0 Å². The van der Waals surface area contributed by atoms with Gasteiger partial charge in [0.15, 0.2) is 0 Å². The molecule has 1 heterocycles. The number of likely N-dealkylation sites (tertiary alicyclic amines) is 1. The molecule has 2 fully saturated rings. The van der Waals surface area contributed by atoms with Crippen molar-refractivity contribution in [2.75, 3.05) is 40.5 Å². The molecule has 1 aliphatic carbocycles. The number of hydrogen-bond acceptors (Lipinski definition) is 6. The number of nitrogens with one attached hydrogen (secondary N) is 1. The van der Waals surface area contributed by atoms with E-state index in [1.165, 1.54) is 19.2 Å². The Morgan fingerprint density at radius 1 is 1.12 bits per heavy atom. The number of carbonyl (C=O) groups is 2. The third-order valence-corrected chi connectivity index (χ3v) is 6.98. The fourth-order valence-electron chi connectivity index (χ4n) is 5.02. The first-order valence-corrected chi connectivity index (χ1v) is 12.2. The number of nitrogens with two attached hydrogens (primary N) is 1. The summed E-state index contributed by atoms with van der Waals surface area (Å²) < 4.78 is 23.8. The molecule has 0 aromatic heterocycles. The molecule has 1 unspecified atom stereocenters. The molecule has 3 rings (SSSR count). The summed E-state index contributed by atoms with van der Waals surface area (Å²) in [6, 6.07) is 6.31. The van der Waals surface area contributed by atoms with Gasteiger partial charge in [0.25, 0.3) is 0 Å². The van der Waals surface area contributed by atoms with Crippen molar-refractivity contribution in [1.82, 2.24) is 15.1 Å². The SMILES string of the molecule is COCCN(Cc1ccc(F)cc1)C1CCN(C(=O)COC)[C@@H](C(=O)NC2CCC(N)CC2)C1. The van der Waals surface area contributed by atoms with Crippen LogP contribution in [0.5, 0.6) is 0 Å². The molecule has 0 radical (unpaired) electrons. The topological polar surface area (TPSA) is 97.1 Å². The first-order chi connectivity index (χ1) is 16.4. The lowest BCUT2D eigenvalue weighted by Crippen LogP contribution is -2.59. The molecule has 2 amide bonds. The van der Waals surface area contributed by atoms with Gasteiger partial charge in [-0.2, -0.15) is 0 Å². The minimum Gasteiger partial charge on any atom is -0.383 e. The van der Waals surface area contributed by atoms with Crippen LogP contribution >= 0.6 is 0 Å². The lowest BCUT2D eigenvalue weighted by Gasteiger charge is -2.43. The number of benzene rings is 1. The molecule has 2 atom stereocenters. The highest BCUT2D eigenvalue weighted by molar-refractivity contribution is 5.88. The van der Waals surface area contributed by atoms with Gasteiger partial charge in [0.05, 0.1) is 6.61 Å². The average Bonchev–Trinajstić information content (AvgIpc) is 2.84. The van der Waals surface area contributed by atoms with Gasteiger partial charge in [-0.15, -0.1) is 0 Å². The van der Waals surface area contributed by atoms with Crippen LogP contribution in [-0.2, 0) is 25.6 Å². The van der Waals surface area contributed by atoms with Gasteiger partial charge in [-0.25, -0.2) is 4.39 Å². The minimum absolute atomic E-state index is 0.0459. The molecule has 9 heteroatoms. The molecular weight excluding hydrogens is 439 g/mol. The van der Waals surface area contributed by atoms with E-state index in [1.54, 1.807) is 24.1 Å². The number of nitrogens with zero attached hydrogens (tertiary/aromatic N) is 2. The van der Waals surface area contributed by atoms with Crippen LogP contribution in [0.3, 0.4) is 0 Å². The summed E-state index contributed by atoms with van der Waals surface area (Å²) >= 11 is 0. The van der Waals surface area contributed by atoms with Crippen LogP contribution in [0.1, 0.15) is 44.1 Å². The zero-order valence-corrected chi connectivity index (χ0v) is 20.4. The second kappa shape index (κ2) is 13.1. The van der Waals surface area contributed by atoms with Crippen molar-refractivity contribution in [2.24, 2.45) is 5.73 Å². The Balaban J connectivity index is 1.73. The zero-order valence-electron chi connectivity index (χ0n) is 20.4. The highest BCUT2D eigenvalue weighted by Crippen LogP contribution is 2.25. The lowest BCUT2D eigenvalue weighted by atomic mass is 9.90. The Kier molecular flexibility index (Phi) is 10.2. The van der Waals surface area contributed by atoms with E-state index in [0.29, 0.717) is 32.7 Å². The van der Waals surface area contributed by atoms with Gasteiger partial charge in [0, 0.05) is 52.0 Å². The Hall–Kier alpha value is -2.07. The largest absolute Gasteiger partial charge is 0.383 e. The molecule has 0 spiro atoms. The van der Waals surface area contributed by atoms with Crippen molar-refractivity contribution in [3.05, 3.63) is 35.6 Å². The van der Waals surface area contributed by atoms with E-state index in [1.807, 2.05) is 0 Å². The maximum absolute atomic E-state index is 13.4. The monoisotopic (exact) mass is 478 g/mol. The van der Waals surface area contributed by atoms with Crippen molar-refractivity contribution in [3.63, 3.8) is 0 Å². The van der Waals surface area contributed by atoms with Crippen molar-refractivity contribution in [2.45, 2.75) is 69.2 Å². The first kappa shape index (κ1) is 26.5. The molecule has 1 aromatic carbocycles. The molecule has 34 heavy (non-hydrogen) atoms. The van der Waals surface area contributed by atoms with Crippen molar-refractivity contribution in [3.8, 4) is 0 Å². The van der Waals surface area contributed by atoms with E-state index in [9.17, 15) is 14.0 Å². The van der Waals surface area contributed by atoms with Gasteiger partial charge in [0.2, 0.25) is 11.8 Å². The number of carbonyl (C=O) groups excluding carboxylic acids is 2. The average molecular weight is 479 g/mol. The highest BCUT2D eigenvalue weighted by atomic mass is 19.1. The number of halogens is 1. The molecule has 3 N–H and O–H groups in total. The van der Waals surface area contributed by atoms with Crippen LogP contribution < -0.4 is 11.1 Å². The van der Waals surface area contributed by atoms with Crippen LogP contribution in [0.2, 0.25) is 0 Å². The lowest BCUT2D eigenvalue weighted by molar-refractivity contribution is -0.147. The van der Waals surface area contributed by atoms with Crippen LogP contribution in [0.4, 0.5) is 4.39 Å². The molecule has 190 valence electrons. The summed E-state index contributed by atoms with van der Waals surface area (Å²) in [4.78, 5) is 30.1. The summed E-state index contributed by atoms with van der Waals surface area (Å²) in [5, 5.41) is 3.18. The van der Waals surface area contributed by atoms with Crippen molar-refractivity contribution < 1.29 is 23.5 Å². The molecule has 1 saturated heterocycles. The molecular formula is C25H39FN4O4. The maximum Gasteiger partial charge on any atom is 0.249 e. The summed E-state index contributed by atoms with van der Waals surface area (Å²) in [5.74, 6) is -0.547. The number of piperidine rings is 1. The Bertz CT molecular complexity index is 786. The number of rotatable bonds is 10. The number of amides is 2. The summed E-state index contributed by atoms with van der Waals surface area (Å²) in [7, 11) is 3.15. The second-order valence-electron chi connectivity index (χ2n) is 9.42. The van der Waals surface area contributed by atoms with Crippen molar-refractivity contribution >= 4 is 11.8 Å².